The predicted octanol–water partition coefficient (Wildman–Crippen LogP) is 2.90. The zero-order valence-electron chi connectivity index (χ0n) is 15.0. The van der Waals surface area contributed by atoms with Crippen LogP contribution in [0, 0.1) is 5.92 Å². The van der Waals surface area contributed by atoms with Crippen LogP contribution in [0.2, 0.25) is 0 Å². The van der Waals surface area contributed by atoms with Gasteiger partial charge in [0.1, 0.15) is 0 Å². The van der Waals surface area contributed by atoms with Crippen molar-refractivity contribution in [3.05, 3.63) is 35.9 Å². The fourth-order valence-electron chi connectivity index (χ4n) is 3.08. The molecule has 1 atom stereocenters. The van der Waals surface area contributed by atoms with E-state index < -0.39 is 0 Å². The maximum atomic E-state index is 5.30. The third-order valence-electron chi connectivity index (χ3n) is 4.50. The normalized spacial score (nSPS) is 19.2. The predicted molar refractivity (Wildman–Crippen MR) is 97.0 cm³/mol. The minimum atomic E-state index is 0.0353. The van der Waals surface area contributed by atoms with Gasteiger partial charge in [-0.15, -0.1) is 0 Å². The molecule has 1 unspecified atom stereocenters. The highest BCUT2D eigenvalue weighted by molar-refractivity contribution is 5.80. The molecule has 1 aliphatic rings. The van der Waals surface area contributed by atoms with Crippen LogP contribution in [0.25, 0.3) is 0 Å². The summed E-state index contributed by atoms with van der Waals surface area (Å²) in [7, 11) is 1.78. The second-order valence-corrected chi connectivity index (χ2v) is 6.98. The van der Waals surface area contributed by atoms with E-state index in [2.05, 4.69) is 61.3 Å². The summed E-state index contributed by atoms with van der Waals surface area (Å²) in [5, 5.41) is 3.45. The van der Waals surface area contributed by atoms with Crippen LogP contribution in [-0.2, 0) is 10.2 Å². The average molecular weight is 317 g/mol. The number of likely N-dealkylation sites (tertiary alicyclic amines) is 1. The first-order chi connectivity index (χ1) is 11.1. The lowest BCUT2D eigenvalue weighted by Crippen LogP contribution is -2.41. The Labute approximate surface area is 140 Å². The van der Waals surface area contributed by atoms with Crippen molar-refractivity contribution in [1.29, 1.82) is 0 Å². The van der Waals surface area contributed by atoms with E-state index >= 15 is 0 Å². The molecule has 1 fully saturated rings. The fraction of sp³-hybridized carbons (Fsp3) is 0.632. The topological polar surface area (TPSA) is 36.9 Å². The van der Waals surface area contributed by atoms with Crippen LogP contribution in [0.4, 0.5) is 0 Å². The SMILES string of the molecule is CCNC(=NCC(C)(C)c1ccccc1)N1CCC(COC)C1. The minimum absolute atomic E-state index is 0.0353. The summed E-state index contributed by atoms with van der Waals surface area (Å²) in [6.07, 6.45) is 1.18. The van der Waals surface area contributed by atoms with Crippen LogP contribution in [0.5, 0.6) is 0 Å². The first-order valence-electron chi connectivity index (χ1n) is 8.64. The van der Waals surface area contributed by atoms with Gasteiger partial charge in [0.2, 0.25) is 0 Å². The van der Waals surface area contributed by atoms with E-state index in [1.165, 1.54) is 12.0 Å². The van der Waals surface area contributed by atoms with Crippen LogP contribution in [0.15, 0.2) is 35.3 Å². The lowest BCUT2D eigenvalue weighted by atomic mass is 9.85. The van der Waals surface area contributed by atoms with Gasteiger partial charge in [-0.2, -0.15) is 0 Å². The van der Waals surface area contributed by atoms with Gasteiger partial charge in [0, 0.05) is 38.1 Å². The molecule has 0 amide bonds. The number of aliphatic imine (C=N–C) groups is 1. The number of nitrogens with zero attached hydrogens (tertiary/aromatic N) is 2. The molecule has 4 nitrogen and oxygen atoms in total. The maximum Gasteiger partial charge on any atom is 0.193 e. The first-order valence-corrected chi connectivity index (χ1v) is 8.64. The molecule has 0 saturated carbocycles. The second-order valence-electron chi connectivity index (χ2n) is 6.98. The Morgan fingerprint density at radius 1 is 1.35 bits per heavy atom. The van der Waals surface area contributed by atoms with Crippen LogP contribution in [0.3, 0.4) is 0 Å². The van der Waals surface area contributed by atoms with Crippen molar-refractivity contribution in [2.24, 2.45) is 10.9 Å². The number of nitrogens with one attached hydrogen (secondary N) is 1. The van der Waals surface area contributed by atoms with Gasteiger partial charge in [0.05, 0.1) is 13.2 Å². The molecule has 1 aromatic carbocycles. The molecule has 1 aliphatic heterocycles. The summed E-state index contributed by atoms with van der Waals surface area (Å²) in [6, 6.07) is 10.6. The summed E-state index contributed by atoms with van der Waals surface area (Å²) in [5.74, 6) is 1.65. The molecule has 23 heavy (non-hydrogen) atoms. The van der Waals surface area contributed by atoms with E-state index in [0.29, 0.717) is 5.92 Å². The van der Waals surface area contributed by atoms with Crippen LogP contribution < -0.4 is 5.32 Å². The van der Waals surface area contributed by atoms with E-state index in [4.69, 9.17) is 9.73 Å². The van der Waals surface area contributed by atoms with Crippen molar-refractivity contribution in [3.8, 4) is 0 Å². The second kappa shape index (κ2) is 8.34. The third-order valence-corrected chi connectivity index (χ3v) is 4.50. The zero-order valence-corrected chi connectivity index (χ0v) is 15.0. The van der Waals surface area contributed by atoms with Gasteiger partial charge < -0.3 is 15.0 Å². The van der Waals surface area contributed by atoms with Gasteiger partial charge in [0.15, 0.2) is 5.96 Å². The largest absolute Gasteiger partial charge is 0.384 e. The Morgan fingerprint density at radius 3 is 2.74 bits per heavy atom. The summed E-state index contributed by atoms with van der Waals surface area (Å²) < 4.78 is 5.30. The van der Waals surface area contributed by atoms with Crippen molar-refractivity contribution in [1.82, 2.24) is 10.2 Å². The summed E-state index contributed by atoms with van der Waals surface area (Å²) in [4.78, 5) is 7.30. The highest BCUT2D eigenvalue weighted by Crippen LogP contribution is 2.23. The van der Waals surface area contributed by atoms with Gasteiger partial charge in [0.25, 0.3) is 0 Å². The standard InChI is InChI=1S/C19H31N3O/c1-5-20-18(22-12-11-16(13-22)14-23-4)21-15-19(2,3)17-9-7-6-8-10-17/h6-10,16H,5,11-15H2,1-4H3,(H,20,21). The molecular formula is C19H31N3O. The Kier molecular flexibility index (Phi) is 6.46. The Morgan fingerprint density at radius 2 is 2.09 bits per heavy atom. The number of methoxy groups -OCH3 is 1. The molecule has 128 valence electrons. The molecule has 0 radical (unpaired) electrons. The van der Waals surface area contributed by atoms with E-state index in [1.807, 2.05) is 0 Å². The van der Waals surface area contributed by atoms with Crippen LogP contribution in [0.1, 0.15) is 32.8 Å². The number of guanidine groups is 1. The molecule has 2 rings (SSSR count). The molecule has 0 aromatic heterocycles. The molecule has 0 aliphatic carbocycles. The van der Waals surface area contributed by atoms with Gasteiger partial charge in [-0.3, -0.25) is 4.99 Å². The Bertz CT molecular complexity index is 499. The minimum Gasteiger partial charge on any atom is -0.384 e. The zero-order chi connectivity index (χ0) is 16.7. The van der Waals surface area contributed by atoms with Crippen LogP contribution >= 0.6 is 0 Å². The number of benzene rings is 1. The molecule has 0 spiro atoms. The number of hydrogen-bond acceptors (Lipinski definition) is 2. The molecule has 1 N–H and O–H groups in total. The lowest BCUT2D eigenvalue weighted by Gasteiger charge is -2.26. The smallest absolute Gasteiger partial charge is 0.193 e. The molecular weight excluding hydrogens is 286 g/mol. The van der Waals surface area contributed by atoms with Crippen LogP contribution in [-0.4, -0.2) is 50.8 Å². The molecule has 1 heterocycles. The van der Waals surface area contributed by atoms with Crippen molar-refractivity contribution in [2.45, 2.75) is 32.6 Å². The first kappa shape index (κ1) is 17.8. The van der Waals surface area contributed by atoms with Gasteiger partial charge in [-0.05, 0) is 18.9 Å². The quantitative estimate of drug-likeness (QED) is 0.647. The maximum absolute atomic E-state index is 5.30. The highest BCUT2D eigenvalue weighted by Gasteiger charge is 2.26. The van der Waals surface area contributed by atoms with E-state index in [9.17, 15) is 0 Å². The van der Waals surface area contributed by atoms with E-state index in [1.54, 1.807) is 7.11 Å². The van der Waals surface area contributed by atoms with Gasteiger partial charge >= 0.3 is 0 Å². The number of ether oxygens (including phenoxy) is 1. The molecule has 4 heteroatoms. The van der Waals surface area contributed by atoms with E-state index in [0.717, 1.165) is 38.7 Å². The van der Waals surface area contributed by atoms with Crippen molar-refractivity contribution < 1.29 is 4.74 Å². The Hall–Kier alpha value is -1.55. The summed E-state index contributed by atoms with van der Waals surface area (Å²) in [5.41, 5.74) is 1.37. The summed E-state index contributed by atoms with van der Waals surface area (Å²) in [6.45, 7) is 11.3. The molecule has 1 aromatic rings. The lowest BCUT2D eigenvalue weighted by molar-refractivity contribution is 0.157. The van der Waals surface area contributed by atoms with Crippen molar-refractivity contribution in [2.75, 3.05) is 39.9 Å². The Balaban J connectivity index is 2.04. The average Bonchev–Trinajstić information content (AvgIpc) is 3.01. The van der Waals surface area contributed by atoms with Crippen molar-refractivity contribution in [3.63, 3.8) is 0 Å². The van der Waals surface area contributed by atoms with Gasteiger partial charge in [-0.1, -0.05) is 44.2 Å². The van der Waals surface area contributed by atoms with Crippen molar-refractivity contribution >= 4 is 5.96 Å². The monoisotopic (exact) mass is 317 g/mol. The molecule has 0 bridgehead atoms. The van der Waals surface area contributed by atoms with Gasteiger partial charge in [-0.25, -0.2) is 0 Å². The fourth-order valence-corrected chi connectivity index (χ4v) is 3.08. The molecule has 1 saturated heterocycles. The number of hydrogen-bond donors (Lipinski definition) is 1. The number of rotatable bonds is 6. The third kappa shape index (κ3) is 4.96. The summed E-state index contributed by atoms with van der Waals surface area (Å²) >= 11 is 0. The van der Waals surface area contributed by atoms with E-state index in [-0.39, 0.29) is 5.41 Å². The highest BCUT2D eigenvalue weighted by atomic mass is 16.5.